The highest BCUT2D eigenvalue weighted by atomic mass is 16.5. The van der Waals surface area contributed by atoms with Crippen LogP contribution in [0, 0.1) is 5.41 Å². The van der Waals surface area contributed by atoms with Gasteiger partial charge >= 0.3 is 0 Å². The van der Waals surface area contributed by atoms with E-state index in [4.69, 9.17) is 15.9 Å². The van der Waals surface area contributed by atoms with Gasteiger partial charge in [-0.05, 0) is 29.8 Å². The molecule has 2 aromatic carbocycles. The average Bonchev–Trinajstić information content (AvgIpc) is 2.48. The predicted octanol–water partition coefficient (Wildman–Crippen LogP) is 2.62. The summed E-state index contributed by atoms with van der Waals surface area (Å²) in [6, 6.07) is 15.9. The summed E-state index contributed by atoms with van der Waals surface area (Å²) in [6.45, 7) is 0.744. The summed E-state index contributed by atoms with van der Waals surface area (Å²) in [6.07, 6.45) is 0. The number of para-hydroxylation sites is 1. The second-order valence-corrected chi connectivity index (χ2v) is 4.64. The number of ether oxygens (including phenoxy) is 1. The number of hydrogen-bond donors (Lipinski definition) is 2. The van der Waals surface area contributed by atoms with Crippen molar-refractivity contribution in [2.75, 3.05) is 19.1 Å². The quantitative estimate of drug-likeness (QED) is 0.648. The molecule has 0 aliphatic carbocycles. The van der Waals surface area contributed by atoms with E-state index in [0.29, 0.717) is 11.3 Å². The van der Waals surface area contributed by atoms with Gasteiger partial charge in [0.25, 0.3) is 0 Å². The Morgan fingerprint density at radius 1 is 1.20 bits per heavy atom. The fourth-order valence-electron chi connectivity index (χ4n) is 2.11. The summed E-state index contributed by atoms with van der Waals surface area (Å²) >= 11 is 0. The Labute approximate surface area is 119 Å². The maximum Gasteiger partial charge on any atom is 0.129 e. The van der Waals surface area contributed by atoms with E-state index in [9.17, 15) is 0 Å². The van der Waals surface area contributed by atoms with Gasteiger partial charge in [-0.15, -0.1) is 0 Å². The molecule has 0 fully saturated rings. The summed E-state index contributed by atoms with van der Waals surface area (Å²) in [5, 5.41) is 7.61. The average molecular weight is 269 g/mol. The SMILES string of the molecule is COc1ccc(CN(C)c2ccccc2)cc1C(=N)N. The molecule has 0 aromatic heterocycles. The zero-order valence-corrected chi connectivity index (χ0v) is 11.8. The summed E-state index contributed by atoms with van der Waals surface area (Å²) in [7, 11) is 3.62. The van der Waals surface area contributed by atoms with E-state index >= 15 is 0 Å². The zero-order valence-electron chi connectivity index (χ0n) is 11.8. The maximum atomic E-state index is 7.61. The lowest BCUT2D eigenvalue weighted by atomic mass is 10.1. The van der Waals surface area contributed by atoms with Crippen LogP contribution in [0.5, 0.6) is 5.75 Å². The Hall–Kier alpha value is -2.49. The second-order valence-electron chi connectivity index (χ2n) is 4.64. The standard InChI is InChI=1S/C16H19N3O/c1-19(13-6-4-3-5-7-13)11-12-8-9-15(20-2)14(10-12)16(17)18/h3-10H,11H2,1-2H3,(H3,17,18). The third kappa shape index (κ3) is 3.09. The number of methoxy groups -OCH3 is 1. The smallest absolute Gasteiger partial charge is 0.129 e. The van der Waals surface area contributed by atoms with Crippen LogP contribution >= 0.6 is 0 Å². The van der Waals surface area contributed by atoms with E-state index in [1.807, 2.05) is 43.4 Å². The van der Waals surface area contributed by atoms with E-state index in [1.165, 1.54) is 0 Å². The van der Waals surface area contributed by atoms with Crippen LogP contribution in [0.4, 0.5) is 5.69 Å². The number of amidine groups is 1. The van der Waals surface area contributed by atoms with Crippen LogP contribution in [-0.4, -0.2) is 20.0 Å². The van der Waals surface area contributed by atoms with Gasteiger partial charge in [-0.3, -0.25) is 5.41 Å². The fourth-order valence-corrected chi connectivity index (χ4v) is 2.11. The third-order valence-electron chi connectivity index (χ3n) is 3.17. The van der Waals surface area contributed by atoms with Gasteiger partial charge in [0.2, 0.25) is 0 Å². The van der Waals surface area contributed by atoms with Crippen molar-refractivity contribution in [1.82, 2.24) is 0 Å². The van der Waals surface area contributed by atoms with Gasteiger partial charge in [0.05, 0.1) is 12.7 Å². The van der Waals surface area contributed by atoms with Crippen LogP contribution in [0.1, 0.15) is 11.1 Å². The van der Waals surface area contributed by atoms with Crippen molar-refractivity contribution in [2.24, 2.45) is 5.73 Å². The molecule has 0 aliphatic rings. The zero-order chi connectivity index (χ0) is 14.5. The van der Waals surface area contributed by atoms with E-state index in [1.54, 1.807) is 7.11 Å². The van der Waals surface area contributed by atoms with Gasteiger partial charge in [0.15, 0.2) is 0 Å². The molecule has 20 heavy (non-hydrogen) atoms. The van der Waals surface area contributed by atoms with Crippen molar-refractivity contribution >= 4 is 11.5 Å². The summed E-state index contributed by atoms with van der Waals surface area (Å²) in [4.78, 5) is 2.14. The molecular weight excluding hydrogens is 250 g/mol. The first kappa shape index (κ1) is 13.9. The highest BCUT2D eigenvalue weighted by Crippen LogP contribution is 2.21. The molecule has 0 saturated carbocycles. The van der Waals surface area contributed by atoms with Gasteiger partial charge < -0.3 is 15.4 Å². The minimum absolute atomic E-state index is 0.0195. The molecule has 0 unspecified atom stereocenters. The van der Waals surface area contributed by atoms with Crippen molar-refractivity contribution in [3.63, 3.8) is 0 Å². The first-order chi connectivity index (χ1) is 9.61. The number of nitrogens with zero attached hydrogens (tertiary/aromatic N) is 1. The minimum Gasteiger partial charge on any atom is -0.496 e. The maximum absolute atomic E-state index is 7.61. The molecule has 104 valence electrons. The first-order valence-electron chi connectivity index (χ1n) is 6.39. The largest absolute Gasteiger partial charge is 0.496 e. The van der Waals surface area contributed by atoms with Crippen molar-refractivity contribution in [1.29, 1.82) is 5.41 Å². The number of rotatable bonds is 5. The Balaban J connectivity index is 2.22. The van der Waals surface area contributed by atoms with Crippen molar-refractivity contribution in [2.45, 2.75) is 6.54 Å². The lowest BCUT2D eigenvalue weighted by Crippen LogP contribution is -2.18. The van der Waals surface area contributed by atoms with Crippen LogP contribution < -0.4 is 15.4 Å². The summed E-state index contributed by atoms with van der Waals surface area (Å²) in [5.74, 6) is 0.648. The number of nitrogens with two attached hydrogens (primary N) is 1. The molecule has 0 saturated heterocycles. The van der Waals surface area contributed by atoms with Gasteiger partial charge in [-0.1, -0.05) is 24.3 Å². The monoisotopic (exact) mass is 269 g/mol. The Bertz CT molecular complexity index is 596. The number of anilines is 1. The molecule has 2 aromatic rings. The Morgan fingerprint density at radius 3 is 2.50 bits per heavy atom. The molecule has 0 atom stereocenters. The number of nitrogens with one attached hydrogen (secondary N) is 1. The fraction of sp³-hybridized carbons (Fsp3) is 0.188. The molecule has 2 rings (SSSR count). The molecule has 4 heteroatoms. The summed E-state index contributed by atoms with van der Waals surface area (Å²) < 4.78 is 5.22. The van der Waals surface area contributed by atoms with Crippen LogP contribution in [0.25, 0.3) is 0 Å². The predicted molar refractivity (Wildman–Crippen MR) is 82.6 cm³/mol. The molecular formula is C16H19N3O. The van der Waals surface area contributed by atoms with Crippen LogP contribution in [0.2, 0.25) is 0 Å². The van der Waals surface area contributed by atoms with Gasteiger partial charge in [-0.2, -0.15) is 0 Å². The van der Waals surface area contributed by atoms with Crippen molar-refractivity contribution in [3.8, 4) is 5.75 Å². The van der Waals surface area contributed by atoms with E-state index in [0.717, 1.165) is 17.8 Å². The lowest BCUT2D eigenvalue weighted by molar-refractivity contribution is 0.413. The molecule has 0 bridgehead atoms. The molecule has 4 nitrogen and oxygen atoms in total. The Kier molecular flexibility index (Phi) is 4.25. The van der Waals surface area contributed by atoms with Gasteiger partial charge in [-0.25, -0.2) is 0 Å². The highest BCUT2D eigenvalue weighted by molar-refractivity contribution is 5.97. The van der Waals surface area contributed by atoms with E-state index in [2.05, 4.69) is 17.0 Å². The molecule has 0 amide bonds. The number of benzene rings is 2. The normalized spacial score (nSPS) is 10.1. The molecule has 0 spiro atoms. The number of hydrogen-bond acceptors (Lipinski definition) is 3. The van der Waals surface area contributed by atoms with Gasteiger partial charge in [0.1, 0.15) is 11.6 Å². The topological polar surface area (TPSA) is 62.3 Å². The van der Waals surface area contributed by atoms with Gasteiger partial charge in [0, 0.05) is 19.3 Å². The van der Waals surface area contributed by atoms with Crippen molar-refractivity contribution < 1.29 is 4.74 Å². The minimum atomic E-state index is 0.0195. The molecule has 0 radical (unpaired) electrons. The second kappa shape index (κ2) is 6.10. The van der Waals surface area contributed by atoms with Crippen LogP contribution in [0.15, 0.2) is 48.5 Å². The molecule has 3 N–H and O–H groups in total. The molecule has 0 aliphatic heterocycles. The summed E-state index contributed by atoms with van der Waals surface area (Å²) in [5.41, 5.74) is 8.45. The van der Waals surface area contributed by atoms with Crippen LogP contribution in [0.3, 0.4) is 0 Å². The van der Waals surface area contributed by atoms with Crippen LogP contribution in [-0.2, 0) is 6.54 Å². The third-order valence-corrected chi connectivity index (χ3v) is 3.17. The first-order valence-corrected chi connectivity index (χ1v) is 6.39. The van der Waals surface area contributed by atoms with Crippen molar-refractivity contribution in [3.05, 3.63) is 59.7 Å². The van der Waals surface area contributed by atoms with E-state index < -0.39 is 0 Å². The molecule has 0 heterocycles. The Morgan fingerprint density at radius 2 is 1.90 bits per heavy atom. The van der Waals surface area contributed by atoms with E-state index in [-0.39, 0.29) is 5.84 Å². The highest BCUT2D eigenvalue weighted by Gasteiger charge is 2.09. The number of nitrogen functional groups attached to an aromatic ring is 1. The lowest BCUT2D eigenvalue weighted by Gasteiger charge is -2.20.